The molecule has 0 aliphatic rings. The van der Waals surface area contributed by atoms with E-state index in [0.717, 1.165) is 5.69 Å². The predicted molar refractivity (Wildman–Crippen MR) is 88.1 cm³/mol. The SMILES string of the molecule is C[S@@](=O)c1ccc(NC(=O)c2cc(-n3cccn3)ccn2)cc1. The van der Waals surface area contributed by atoms with E-state index in [1.807, 2.05) is 0 Å². The number of carbonyl (C=O) groups is 1. The molecular weight excluding hydrogens is 312 g/mol. The summed E-state index contributed by atoms with van der Waals surface area (Å²) < 4.78 is 13.0. The van der Waals surface area contributed by atoms with E-state index >= 15 is 0 Å². The fourth-order valence-corrected chi connectivity index (χ4v) is 2.55. The molecule has 3 rings (SSSR count). The summed E-state index contributed by atoms with van der Waals surface area (Å²) in [6.07, 6.45) is 6.63. The van der Waals surface area contributed by atoms with Gasteiger partial charge < -0.3 is 5.32 Å². The second-order valence-corrected chi connectivity index (χ2v) is 6.16. The molecule has 116 valence electrons. The van der Waals surface area contributed by atoms with Crippen molar-refractivity contribution in [3.8, 4) is 5.69 Å². The average molecular weight is 326 g/mol. The van der Waals surface area contributed by atoms with Gasteiger partial charge in [0.1, 0.15) is 5.69 Å². The lowest BCUT2D eigenvalue weighted by atomic mass is 10.2. The van der Waals surface area contributed by atoms with Gasteiger partial charge in [-0.25, -0.2) is 4.68 Å². The molecule has 2 aromatic heterocycles. The molecule has 3 aromatic rings. The van der Waals surface area contributed by atoms with Gasteiger partial charge in [-0.3, -0.25) is 14.0 Å². The van der Waals surface area contributed by atoms with Crippen LogP contribution < -0.4 is 5.32 Å². The highest BCUT2D eigenvalue weighted by Crippen LogP contribution is 2.14. The largest absolute Gasteiger partial charge is 0.321 e. The first-order valence-electron chi connectivity index (χ1n) is 6.84. The quantitative estimate of drug-likeness (QED) is 0.798. The molecule has 1 aromatic carbocycles. The highest BCUT2D eigenvalue weighted by Gasteiger charge is 2.09. The van der Waals surface area contributed by atoms with Gasteiger partial charge >= 0.3 is 0 Å². The Kier molecular flexibility index (Phi) is 4.29. The summed E-state index contributed by atoms with van der Waals surface area (Å²) in [5.41, 5.74) is 1.67. The summed E-state index contributed by atoms with van der Waals surface area (Å²) in [6, 6.07) is 12.1. The molecule has 1 amide bonds. The Morgan fingerprint density at radius 3 is 2.61 bits per heavy atom. The number of anilines is 1. The number of hydrogen-bond donors (Lipinski definition) is 1. The molecule has 0 saturated carbocycles. The van der Waals surface area contributed by atoms with Crippen LogP contribution in [0.1, 0.15) is 10.5 Å². The van der Waals surface area contributed by atoms with Crippen LogP contribution in [0.3, 0.4) is 0 Å². The molecule has 0 aliphatic heterocycles. The number of nitrogens with zero attached hydrogens (tertiary/aromatic N) is 3. The second kappa shape index (κ2) is 6.53. The topological polar surface area (TPSA) is 76.9 Å². The van der Waals surface area contributed by atoms with Crippen molar-refractivity contribution in [3.63, 3.8) is 0 Å². The Hall–Kier alpha value is -2.80. The maximum atomic E-state index is 12.3. The molecule has 2 heterocycles. The van der Waals surface area contributed by atoms with Crippen LogP contribution in [0.5, 0.6) is 0 Å². The molecule has 0 saturated heterocycles. The smallest absolute Gasteiger partial charge is 0.274 e. The monoisotopic (exact) mass is 326 g/mol. The van der Waals surface area contributed by atoms with Crippen LogP contribution in [0, 0.1) is 0 Å². The van der Waals surface area contributed by atoms with Gasteiger partial charge in [-0.15, -0.1) is 0 Å². The van der Waals surface area contributed by atoms with E-state index in [9.17, 15) is 9.00 Å². The molecular formula is C16H14N4O2S. The fraction of sp³-hybridized carbons (Fsp3) is 0.0625. The average Bonchev–Trinajstić information content (AvgIpc) is 3.10. The zero-order valence-corrected chi connectivity index (χ0v) is 13.2. The maximum Gasteiger partial charge on any atom is 0.274 e. The van der Waals surface area contributed by atoms with E-state index in [-0.39, 0.29) is 5.91 Å². The molecule has 1 N–H and O–H groups in total. The van der Waals surface area contributed by atoms with E-state index in [0.29, 0.717) is 16.3 Å². The van der Waals surface area contributed by atoms with Crippen molar-refractivity contribution in [3.05, 3.63) is 66.7 Å². The number of aromatic nitrogens is 3. The van der Waals surface area contributed by atoms with Gasteiger partial charge in [0.2, 0.25) is 0 Å². The molecule has 0 spiro atoms. The van der Waals surface area contributed by atoms with Crippen molar-refractivity contribution in [1.82, 2.24) is 14.8 Å². The predicted octanol–water partition coefficient (Wildman–Crippen LogP) is 2.26. The number of pyridine rings is 1. The molecule has 1 atom stereocenters. The number of carbonyl (C=O) groups excluding carboxylic acids is 1. The Morgan fingerprint density at radius 2 is 1.96 bits per heavy atom. The van der Waals surface area contributed by atoms with Gasteiger partial charge in [0.15, 0.2) is 0 Å². The molecule has 0 aliphatic carbocycles. The van der Waals surface area contributed by atoms with Crippen molar-refractivity contribution in [2.45, 2.75) is 4.90 Å². The van der Waals surface area contributed by atoms with Crippen LogP contribution in [0.2, 0.25) is 0 Å². The van der Waals surface area contributed by atoms with Crippen molar-refractivity contribution < 1.29 is 9.00 Å². The van der Waals surface area contributed by atoms with Crippen molar-refractivity contribution in [1.29, 1.82) is 0 Å². The Balaban J connectivity index is 1.78. The minimum Gasteiger partial charge on any atom is -0.321 e. The summed E-state index contributed by atoms with van der Waals surface area (Å²) in [5, 5.41) is 6.89. The summed E-state index contributed by atoms with van der Waals surface area (Å²) in [4.78, 5) is 17.1. The third kappa shape index (κ3) is 3.51. The molecule has 6 nitrogen and oxygen atoms in total. The molecule has 0 fully saturated rings. The Morgan fingerprint density at radius 1 is 1.17 bits per heavy atom. The summed E-state index contributed by atoms with van der Waals surface area (Å²) in [6.45, 7) is 0. The zero-order valence-electron chi connectivity index (χ0n) is 12.3. The normalized spacial score (nSPS) is 11.9. The van der Waals surface area contributed by atoms with Crippen molar-refractivity contribution in [2.24, 2.45) is 0 Å². The van der Waals surface area contributed by atoms with Gasteiger partial charge in [-0.05, 0) is 42.5 Å². The minimum atomic E-state index is -1.04. The van der Waals surface area contributed by atoms with Gasteiger partial charge in [-0.2, -0.15) is 5.10 Å². The Bertz CT molecular complexity index is 845. The first-order chi connectivity index (χ1) is 11.1. The lowest BCUT2D eigenvalue weighted by Crippen LogP contribution is -2.14. The van der Waals surface area contributed by atoms with Crippen LogP contribution in [0.4, 0.5) is 5.69 Å². The highest BCUT2D eigenvalue weighted by atomic mass is 32.2. The lowest BCUT2D eigenvalue weighted by molar-refractivity contribution is 0.102. The van der Waals surface area contributed by atoms with E-state index in [1.165, 1.54) is 0 Å². The zero-order chi connectivity index (χ0) is 16.2. The first kappa shape index (κ1) is 15.1. The number of hydrogen-bond acceptors (Lipinski definition) is 4. The summed E-state index contributed by atoms with van der Waals surface area (Å²) >= 11 is 0. The molecule has 0 bridgehead atoms. The van der Waals surface area contributed by atoms with Gasteiger partial charge in [0.05, 0.1) is 5.69 Å². The first-order valence-corrected chi connectivity index (χ1v) is 8.40. The Labute approximate surface area is 135 Å². The summed E-state index contributed by atoms with van der Waals surface area (Å²) in [7, 11) is -1.04. The number of benzene rings is 1. The molecule has 7 heteroatoms. The molecule has 0 radical (unpaired) electrons. The highest BCUT2D eigenvalue weighted by molar-refractivity contribution is 7.84. The number of rotatable bonds is 4. The third-order valence-corrected chi connectivity index (χ3v) is 4.13. The number of nitrogens with one attached hydrogen (secondary N) is 1. The van der Waals surface area contributed by atoms with Crippen LogP contribution in [0.25, 0.3) is 5.69 Å². The van der Waals surface area contributed by atoms with E-state index < -0.39 is 10.8 Å². The van der Waals surface area contributed by atoms with Crippen LogP contribution >= 0.6 is 0 Å². The minimum absolute atomic E-state index is 0.293. The van der Waals surface area contributed by atoms with Crippen LogP contribution in [-0.2, 0) is 10.8 Å². The third-order valence-electron chi connectivity index (χ3n) is 3.19. The van der Waals surface area contributed by atoms with Crippen LogP contribution in [-0.4, -0.2) is 31.1 Å². The lowest BCUT2D eigenvalue weighted by Gasteiger charge is -2.07. The molecule has 0 unspecified atom stereocenters. The van der Waals surface area contributed by atoms with E-state index in [2.05, 4.69) is 15.4 Å². The maximum absolute atomic E-state index is 12.3. The molecule has 23 heavy (non-hydrogen) atoms. The van der Waals surface area contributed by atoms with E-state index in [1.54, 1.807) is 72.0 Å². The standard InChI is InChI=1S/C16H14N4O2S/c1-23(22)14-5-3-12(4-6-14)19-16(21)15-11-13(7-9-17-15)20-10-2-8-18-20/h2-11H,1H3,(H,19,21)/t23-/m1/s1. The van der Waals surface area contributed by atoms with Gasteiger partial charge in [0, 0.05) is 46.2 Å². The number of amides is 1. The van der Waals surface area contributed by atoms with Gasteiger partial charge in [0.25, 0.3) is 5.91 Å². The van der Waals surface area contributed by atoms with Crippen molar-refractivity contribution in [2.75, 3.05) is 11.6 Å². The van der Waals surface area contributed by atoms with Crippen molar-refractivity contribution >= 4 is 22.4 Å². The van der Waals surface area contributed by atoms with E-state index in [4.69, 9.17) is 0 Å². The van der Waals surface area contributed by atoms with Crippen LogP contribution in [0.15, 0.2) is 66.0 Å². The fourth-order valence-electron chi connectivity index (χ4n) is 2.03. The van der Waals surface area contributed by atoms with Gasteiger partial charge in [-0.1, -0.05) is 0 Å². The summed E-state index contributed by atoms with van der Waals surface area (Å²) in [5.74, 6) is -0.315. The second-order valence-electron chi connectivity index (χ2n) is 4.78.